The molecule has 7 aromatic rings. The third kappa shape index (κ3) is 3.29. The number of carbonyl (C=O) groups excluding carboxylic acids is 2. The highest BCUT2D eigenvalue weighted by atomic mass is 16.2. The number of hydrogen-bond donors (Lipinski definition) is 0. The highest BCUT2D eigenvalue weighted by Gasteiger charge is 2.51. The van der Waals surface area contributed by atoms with Gasteiger partial charge >= 0.3 is 0 Å². The fourth-order valence-corrected chi connectivity index (χ4v) is 7.93. The van der Waals surface area contributed by atoms with Gasteiger partial charge in [-0.3, -0.25) is 14.5 Å². The van der Waals surface area contributed by atoms with Crippen LogP contribution in [-0.2, 0) is 5.54 Å². The van der Waals surface area contributed by atoms with E-state index in [1.165, 1.54) is 4.90 Å². The van der Waals surface area contributed by atoms with Crippen molar-refractivity contribution >= 4 is 50.7 Å². The second kappa shape index (κ2) is 9.53. The van der Waals surface area contributed by atoms with Gasteiger partial charge in [-0.05, 0) is 55.0 Å². The summed E-state index contributed by atoms with van der Waals surface area (Å²) in [5.41, 5.74) is 8.78. The smallest absolute Gasteiger partial charge is 0.261 e. The molecular weight excluding hydrogens is 566 g/mol. The molecule has 1 aromatic heterocycles. The lowest BCUT2D eigenvalue weighted by Crippen LogP contribution is -2.43. The summed E-state index contributed by atoms with van der Waals surface area (Å²) in [6, 6.07) is 48.4. The molecule has 0 spiro atoms. The van der Waals surface area contributed by atoms with E-state index in [2.05, 4.69) is 137 Å². The molecule has 0 fully saturated rings. The molecule has 2 aliphatic rings. The zero-order valence-corrected chi connectivity index (χ0v) is 25.4. The number of fused-ring (bicyclic) bond motifs is 6. The van der Waals surface area contributed by atoms with Gasteiger partial charge in [0.1, 0.15) is 5.54 Å². The number of aryl methyl sites for hydroxylation is 1. The molecule has 6 aromatic carbocycles. The summed E-state index contributed by atoms with van der Waals surface area (Å²) in [4.78, 5) is 31.4. The first kappa shape index (κ1) is 26.5. The number of nitrogens with zero attached hydrogens (tertiary/aromatic N) is 3. The molecule has 0 unspecified atom stereocenters. The molecular formula is C41H29N3O2. The molecule has 2 amide bonds. The van der Waals surface area contributed by atoms with Gasteiger partial charge in [-0.1, -0.05) is 97.1 Å². The maximum atomic E-state index is 14.2. The van der Waals surface area contributed by atoms with Crippen molar-refractivity contribution in [3.63, 3.8) is 0 Å². The van der Waals surface area contributed by atoms with Gasteiger partial charge in [0, 0.05) is 40.2 Å². The Balaban J connectivity index is 1.56. The van der Waals surface area contributed by atoms with Crippen molar-refractivity contribution in [1.29, 1.82) is 0 Å². The van der Waals surface area contributed by atoms with Gasteiger partial charge in [0.25, 0.3) is 11.8 Å². The van der Waals surface area contributed by atoms with Crippen LogP contribution in [0, 0.1) is 6.92 Å². The summed E-state index contributed by atoms with van der Waals surface area (Å²) in [6.07, 6.45) is 0. The van der Waals surface area contributed by atoms with Crippen LogP contribution in [0.25, 0.3) is 21.8 Å². The van der Waals surface area contributed by atoms with Crippen molar-refractivity contribution in [3.8, 4) is 0 Å². The highest BCUT2D eigenvalue weighted by Crippen LogP contribution is 2.58. The molecule has 220 valence electrons. The summed E-state index contributed by atoms with van der Waals surface area (Å²) in [6.45, 7) is 2.01. The number of anilines is 3. The van der Waals surface area contributed by atoms with Crippen LogP contribution in [0.3, 0.4) is 0 Å². The largest absolute Gasteiger partial charge is 0.322 e. The predicted molar refractivity (Wildman–Crippen MR) is 183 cm³/mol. The first-order chi connectivity index (χ1) is 22.5. The minimum atomic E-state index is -1.03. The normalized spacial score (nSPS) is 14.9. The fraction of sp³-hybridized carbons (Fsp3) is 0.0732. The van der Waals surface area contributed by atoms with Gasteiger partial charge in [-0.25, -0.2) is 0 Å². The Kier molecular flexibility index (Phi) is 5.48. The van der Waals surface area contributed by atoms with Crippen molar-refractivity contribution in [3.05, 3.63) is 173 Å². The molecule has 0 radical (unpaired) electrons. The van der Waals surface area contributed by atoms with Gasteiger partial charge in [-0.15, -0.1) is 0 Å². The minimum absolute atomic E-state index is 0.273. The maximum absolute atomic E-state index is 14.2. The first-order valence-corrected chi connectivity index (χ1v) is 15.5. The summed E-state index contributed by atoms with van der Waals surface area (Å²) < 4.78 is 2.42. The molecule has 9 rings (SSSR count). The third-order valence-electron chi connectivity index (χ3n) is 9.73. The Bertz CT molecular complexity index is 2300. The second-order valence-corrected chi connectivity index (χ2v) is 12.2. The third-order valence-corrected chi connectivity index (χ3v) is 9.73. The number of hydrogen-bond acceptors (Lipinski definition) is 3. The summed E-state index contributed by atoms with van der Waals surface area (Å²) in [5.74, 6) is -0.554. The van der Waals surface area contributed by atoms with E-state index in [1.54, 1.807) is 7.05 Å². The standard InChI is InChI=1S/C41H29N3O2/c1-26-24-30-38(40(46)42(2)39(30)45)33(25-26)41(44-34-20-10-6-16-28(34)29-17-7-11-21-35(29)44)31-18-8-12-22-36(31)43(27-14-4-3-5-15-27)37-23-13-9-19-32(37)41/h3-25H,1-2H3. The molecule has 46 heavy (non-hydrogen) atoms. The van der Waals surface area contributed by atoms with Gasteiger partial charge in [0.05, 0.1) is 33.5 Å². The average Bonchev–Trinajstić information content (AvgIpc) is 3.54. The number of aromatic nitrogens is 1. The Labute approximate surface area is 266 Å². The van der Waals surface area contributed by atoms with Gasteiger partial charge in [-0.2, -0.15) is 0 Å². The molecule has 5 heteroatoms. The summed E-state index contributed by atoms with van der Waals surface area (Å²) in [7, 11) is 1.58. The van der Waals surface area contributed by atoms with E-state index in [4.69, 9.17) is 0 Å². The van der Waals surface area contributed by atoms with E-state index >= 15 is 0 Å². The quantitative estimate of drug-likeness (QED) is 0.192. The molecule has 0 atom stereocenters. The summed E-state index contributed by atoms with van der Waals surface area (Å²) >= 11 is 0. The number of amides is 2. The Hall–Kier alpha value is -5.94. The lowest BCUT2D eigenvalue weighted by atomic mass is 9.70. The average molecular weight is 596 g/mol. The fourth-order valence-electron chi connectivity index (χ4n) is 7.93. The van der Waals surface area contributed by atoms with E-state index in [1.807, 2.05) is 19.1 Å². The molecule has 0 bridgehead atoms. The number of imide groups is 1. The van der Waals surface area contributed by atoms with Gasteiger partial charge < -0.3 is 9.47 Å². The molecule has 3 heterocycles. The van der Waals surface area contributed by atoms with Crippen LogP contribution in [-0.4, -0.2) is 28.3 Å². The summed E-state index contributed by atoms with van der Waals surface area (Å²) in [5, 5.41) is 2.25. The molecule has 0 saturated carbocycles. The van der Waals surface area contributed by atoms with Crippen molar-refractivity contribution in [1.82, 2.24) is 9.47 Å². The Morgan fingerprint density at radius 2 is 1.07 bits per heavy atom. The van der Waals surface area contributed by atoms with E-state index in [0.717, 1.165) is 61.1 Å². The predicted octanol–water partition coefficient (Wildman–Crippen LogP) is 8.95. The van der Waals surface area contributed by atoms with Crippen LogP contribution >= 0.6 is 0 Å². The van der Waals surface area contributed by atoms with E-state index in [9.17, 15) is 9.59 Å². The lowest BCUT2D eigenvalue weighted by molar-refractivity contribution is 0.0692. The topological polar surface area (TPSA) is 45.6 Å². The van der Waals surface area contributed by atoms with Crippen LogP contribution in [0.15, 0.2) is 140 Å². The molecule has 2 aliphatic heterocycles. The zero-order chi connectivity index (χ0) is 31.2. The van der Waals surface area contributed by atoms with Gasteiger partial charge in [0.15, 0.2) is 0 Å². The van der Waals surface area contributed by atoms with Crippen molar-refractivity contribution in [2.24, 2.45) is 0 Å². The number of rotatable bonds is 3. The van der Waals surface area contributed by atoms with Crippen molar-refractivity contribution in [2.45, 2.75) is 12.5 Å². The SMILES string of the molecule is Cc1cc2c(c(C3(n4c5ccccc5c5ccccc54)c4ccccc4N(c4ccccc4)c4ccccc43)c1)C(=O)N(C)C2=O. The lowest BCUT2D eigenvalue weighted by Gasteiger charge is -2.48. The molecule has 5 nitrogen and oxygen atoms in total. The van der Waals surface area contributed by atoms with Crippen LogP contribution < -0.4 is 4.90 Å². The second-order valence-electron chi connectivity index (χ2n) is 12.2. The molecule has 0 saturated heterocycles. The Morgan fingerprint density at radius 3 is 1.67 bits per heavy atom. The molecule has 0 N–H and O–H groups in total. The minimum Gasteiger partial charge on any atom is -0.322 e. The first-order valence-electron chi connectivity index (χ1n) is 15.5. The van der Waals surface area contributed by atoms with E-state index in [0.29, 0.717) is 11.1 Å². The highest BCUT2D eigenvalue weighted by molar-refractivity contribution is 6.22. The van der Waals surface area contributed by atoms with Gasteiger partial charge in [0.2, 0.25) is 0 Å². The molecule has 0 aliphatic carbocycles. The van der Waals surface area contributed by atoms with Crippen LogP contribution in [0.1, 0.15) is 43.0 Å². The Morgan fingerprint density at radius 1 is 0.543 bits per heavy atom. The van der Waals surface area contributed by atoms with Crippen LogP contribution in [0.2, 0.25) is 0 Å². The number of carbonyl (C=O) groups is 2. The van der Waals surface area contributed by atoms with Crippen molar-refractivity contribution < 1.29 is 9.59 Å². The van der Waals surface area contributed by atoms with Crippen molar-refractivity contribution in [2.75, 3.05) is 11.9 Å². The maximum Gasteiger partial charge on any atom is 0.261 e. The number of benzene rings is 6. The zero-order valence-electron chi connectivity index (χ0n) is 25.4. The van der Waals surface area contributed by atoms with Crippen LogP contribution in [0.5, 0.6) is 0 Å². The monoisotopic (exact) mass is 595 g/mol. The van der Waals surface area contributed by atoms with E-state index in [-0.39, 0.29) is 11.8 Å². The van der Waals surface area contributed by atoms with Crippen LogP contribution in [0.4, 0.5) is 17.1 Å². The number of para-hydroxylation sites is 5. The van der Waals surface area contributed by atoms with E-state index < -0.39 is 5.54 Å².